The maximum atomic E-state index is 13.8. The van der Waals surface area contributed by atoms with Crippen molar-refractivity contribution in [1.29, 1.82) is 5.26 Å². The van der Waals surface area contributed by atoms with Crippen molar-refractivity contribution in [3.8, 4) is 17.9 Å². The number of nitrogens with two attached hydrogens (primary N) is 1. The van der Waals surface area contributed by atoms with Crippen LogP contribution in [0.3, 0.4) is 0 Å². The molecule has 4 aromatic rings. The SMILES string of the molecule is CC#CCn1c(N2CCC[C@@H](N)C2)nc2c1c(=O)n(Cc1nc3ccccc3cc1C#N)c(=O)n2C. The summed E-state index contributed by atoms with van der Waals surface area (Å²) in [7, 11) is 1.59. The van der Waals surface area contributed by atoms with E-state index in [1.807, 2.05) is 24.3 Å². The highest BCUT2D eigenvalue weighted by atomic mass is 16.2. The van der Waals surface area contributed by atoms with Crippen molar-refractivity contribution in [3.05, 3.63) is 62.4 Å². The third-order valence-electron chi connectivity index (χ3n) is 6.60. The molecule has 182 valence electrons. The van der Waals surface area contributed by atoms with Gasteiger partial charge in [0.25, 0.3) is 5.56 Å². The Morgan fingerprint density at radius 1 is 1.19 bits per heavy atom. The molecule has 0 saturated carbocycles. The van der Waals surface area contributed by atoms with Gasteiger partial charge in [-0.2, -0.15) is 10.2 Å². The Bertz CT molecular complexity index is 1710. The Hall–Kier alpha value is -4.41. The molecule has 1 atom stereocenters. The Morgan fingerprint density at radius 2 is 2.00 bits per heavy atom. The molecule has 0 bridgehead atoms. The predicted molar refractivity (Wildman–Crippen MR) is 138 cm³/mol. The van der Waals surface area contributed by atoms with Crippen LogP contribution >= 0.6 is 0 Å². The lowest BCUT2D eigenvalue weighted by Crippen LogP contribution is -2.44. The van der Waals surface area contributed by atoms with Gasteiger partial charge in [-0.1, -0.05) is 24.1 Å². The van der Waals surface area contributed by atoms with E-state index in [0.717, 1.165) is 29.3 Å². The minimum atomic E-state index is -0.528. The number of benzene rings is 1. The molecule has 1 aliphatic heterocycles. The van der Waals surface area contributed by atoms with Crippen molar-refractivity contribution in [3.63, 3.8) is 0 Å². The van der Waals surface area contributed by atoms with Crippen LogP contribution in [0, 0.1) is 23.2 Å². The predicted octanol–water partition coefficient (Wildman–Crippen LogP) is 1.32. The van der Waals surface area contributed by atoms with Crippen LogP contribution in [0.25, 0.3) is 22.1 Å². The van der Waals surface area contributed by atoms with Crippen molar-refractivity contribution in [2.24, 2.45) is 12.8 Å². The van der Waals surface area contributed by atoms with Crippen LogP contribution in [0.1, 0.15) is 31.0 Å². The van der Waals surface area contributed by atoms with Gasteiger partial charge in [0.15, 0.2) is 11.2 Å². The van der Waals surface area contributed by atoms with E-state index in [9.17, 15) is 14.9 Å². The third-order valence-corrected chi connectivity index (χ3v) is 6.60. The second kappa shape index (κ2) is 9.33. The fraction of sp³-hybridized carbons (Fsp3) is 0.346. The molecule has 0 spiro atoms. The van der Waals surface area contributed by atoms with Crippen LogP contribution in [0.15, 0.2) is 39.9 Å². The molecule has 10 nitrogen and oxygen atoms in total. The fourth-order valence-corrected chi connectivity index (χ4v) is 4.76. The summed E-state index contributed by atoms with van der Waals surface area (Å²) in [5, 5.41) is 10.5. The summed E-state index contributed by atoms with van der Waals surface area (Å²) < 4.78 is 4.25. The summed E-state index contributed by atoms with van der Waals surface area (Å²) in [6.45, 7) is 3.21. The smallest absolute Gasteiger partial charge is 0.332 e. The van der Waals surface area contributed by atoms with Crippen LogP contribution < -0.4 is 21.9 Å². The minimum Gasteiger partial charge on any atom is -0.341 e. The molecule has 4 heterocycles. The fourth-order valence-electron chi connectivity index (χ4n) is 4.76. The first-order valence-corrected chi connectivity index (χ1v) is 11.8. The van der Waals surface area contributed by atoms with E-state index in [1.165, 1.54) is 4.57 Å². The number of pyridine rings is 1. The highest BCUT2D eigenvalue weighted by Gasteiger charge is 2.26. The highest BCUT2D eigenvalue weighted by Crippen LogP contribution is 2.23. The molecule has 0 aliphatic carbocycles. The number of nitrogens with zero attached hydrogens (tertiary/aromatic N) is 7. The Labute approximate surface area is 207 Å². The molecule has 1 fully saturated rings. The molecule has 3 aromatic heterocycles. The molecule has 1 aromatic carbocycles. The third kappa shape index (κ3) is 3.92. The van der Waals surface area contributed by atoms with Gasteiger partial charge in [0, 0.05) is 31.6 Å². The average Bonchev–Trinajstić information content (AvgIpc) is 3.28. The normalized spacial score (nSPS) is 15.6. The lowest BCUT2D eigenvalue weighted by molar-refractivity contribution is 0.496. The van der Waals surface area contributed by atoms with Gasteiger partial charge in [-0.05, 0) is 31.9 Å². The zero-order chi connectivity index (χ0) is 25.4. The summed E-state index contributed by atoms with van der Waals surface area (Å²) >= 11 is 0. The number of rotatable bonds is 4. The van der Waals surface area contributed by atoms with Gasteiger partial charge in [-0.3, -0.25) is 18.5 Å². The van der Waals surface area contributed by atoms with E-state index >= 15 is 0 Å². The topological polar surface area (TPSA) is 128 Å². The quantitative estimate of drug-likeness (QED) is 0.435. The number of para-hydroxylation sites is 1. The molecule has 2 N–H and O–H groups in total. The van der Waals surface area contributed by atoms with Gasteiger partial charge < -0.3 is 10.6 Å². The number of anilines is 1. The standard InChI is InChI=1S/C26H26N8O2/c1-3-4-12-33-22-23(30-25(33)32-11-7-9-19(28)15-32)31(2)26(36)34(24(22)35)16-21-18(14-27)13-17-8-5-6-10-20(17)29-21/h5-6,8,10,13,19H,7,9,11-12,15-16,28H2,1-2H3/t19-/m1/s1. The molecular weight excluding hydrogens is 456 g/mol. The lowest BCUT2D eigenvalue weighted by Gasteiger charge is -2.31. The Balaban J connectivity index is 1.71. The van der Waals surface area contributed by atoms with Gasteiger partial charge in [-0.15, -0.1) is 5.92 Å². The summed E-state index contributed by atoms with van der Waals surface area (Å²) in [5.74, 6) is 6.48. The second-order valence-electron chi connectivity index (χ2n) is 8.97. The molecule has 0 unspecified atom stereocenters. The van der Waals surface area contributed by atoms with Gasteiger partial charge in [0.1, 0.15) is 6.07 Å². The monoisotopic (exact) mass is 482 g/mol. The van der Waals surface area contributed by atoms with Crippen LogP contribution in [0.2, 0.25) is 0 Å². The summed E-state index contributed by atoms with van der Waals surface area (Å²) in [6.07, 6.45) is 1.84. The zero-order valence-electron chi connectivity index (χ0n) is 20.2. The van der Waals surface area contributed by atoms with Crippen molar-refractivity contribution in [1.82, 2.24) is 23.7 Å². The summed E-state index contributed by atoms with van der Waals surface area (Å²) in [5.41, 5.74) is 7.12. The van der Waals surface area contributed by atoms with Crippen molar-refractivity contribution >= 4 is 28.0 Å². The first-order chi connectivity index (χ1) is 17.4. The van der Waals surface area contributed by atoms with E-state index in [2.05, 4.69) is 27.8 Å². The average molecular weight is 483 g/mol. The van der Waals surface area contributed by atoms with Crippen LogP contribution in [-0.4, -0.2) is 42.8 Å². The van der Waals surface area contributed by atoms with Gasteiger partial charge >= 0.3 is 5.69 Å². The summed E-state index contributed by atoms with van der Waals surface area (Å²) in [4.78, 5) is 38.5. The molecule has 0 radical (unpaired) electrons. The lowest BCUT2D eigenvalue weighted by atomic mass is 10.1. The number of aromatic nitrogens is 5. The molecule has 1 aliphatic rings. The number of hydrogen-bond donors (Lipinski definition) is 1. The largest absolute Gasteiger partial charge is 0.341 e. The second-order valence-corrected chi connectivity index (χ2v) is 8.97. The number of hydrogen-bond acceptors (Lipinski definition) is 7. The molecule has 0 amide bonds. The molecule has 1 saturated heterocycles. The van der Waals surface area contributed by atoms with Gasteiger partial charge in [0.05, 0.1) is 29.9 Å². The molecule has 5 rings (SSSR count). The first kappa shape index (κ1) is 23.3. The molecule has 36 heavy (non-hydrogen) atoms. The number of aryl methyl sites for hydroxylation is 1. The number of imidazole rings is 1. The molecule has 10 heteroatoms. The zero-order valence-corrected chi connectivity index (χ0v) is 20.2. The Kier molecular flexibility index (Phi) is 6.05. The number of nitriles is 1. The van der Waals surface area contributed by atoms with Crippen molar-refractivity contribution in [2.45, 2.75) is 38.9 Å². The number of fused-ring (bicyclic) bond motifs is 2. The highest BCUT2D eigenvalue weighted by molar-refractivity contribution is 5.80. The van der Waals surface area contributed by atoms with Crippen molar-refractivity contribution in [2.75, 3.05) is 18.0 Å². The van der Waals surface area contributed by atoms with E-state index < -0.39 is 11.2 Å². The maximum absolute atomic E-state index is 13.8. The van der Waals surface area contributed by atoms with Crippen molar-refractivity contribution < 1.29 is 0 Å². The van der Waals surface area contributed by atoms with Crippen LogP contribution in [-0.2, 0) is 20.1 Å². The molecular formula is C26H26N8O2. The Morgan fingerprint density at radius 3 is 2.75 bits per heavy atom. The minimum absolute atomic E-state index is 0.00753. The van der Waals surface area contributed by atoms with Gasteiger partial charge in [-0.25, -0.2) is 9.78 Å². The van der Waals surface area contributed by atoms with Gasteiger partial charge in [0.2, 0.25) is 5.95 Å². The van der Waals surface area contributed by atoms with E-state index in [4.69, 9.17) is 10.7 Å². The summed E-state index contributed by atoms with van der Waals surface area (Å²) in [6, 6.07) is 11.3. The van der Waals surface area contributed by atoms with E-state index in [-0.39, 0.29) is 24.6 Å². The van der Waals surface area contributed by atoms with E-state index in [1.54, 1.807) is 24.6 Å². The number of piperidine rings is 1. The maximum Gasteiger partial charge on any atom is 0.332 e. The van der Waals surface area contributed by atoms with Crippen LogP contribution in [0.5, 0.6) is 0 Å². The van der Waals surface area contributed by atoms with Crippen LogP contribution in [0.4, 0.5) is 5.95 Å². The first-order valence-electron chi connectivity index (χ1n) is 11.8. The van der Waals surface area contributed by atoms with E-state index in [0.29, 0.717) is 34.9 Å².